The van der Waals surface area contributed by atoms with Gasteiger partial charge in [-0.1, -0.05) is 23.5 Å². The van der Waals surface area contributed by atoms with Gasteiger partial charge in [0, 0.05) is 10.1 Å². The van der Waals surface area contributed by atoms with Crippen molar-refractivity contribution in [1.82, 2.24) is 9.88 Å². The number of fused-ring (bicyclic) bond motifs is 1. The molecule has 0 aliphatic heterocycles. The van der Waals surface area contributed by atoms with Crippen LogP contribution in [0.5, 0.6) is 0 Å². The molecule has 3 rings (SSSR count). The van der Waals surface area contributed by atoms with Crippen LogP contribution >= 0.6 is 33.9 Å². The smallest absolute Gasteiger partial charge is 0.261 e. The minimum Gasteiger partial charge on any atom is -0.309 e. The molecule has 142 valence electrons. The molecule has 1 aromatic heterocycles. The van der Waals surface area contributed by atoms with E-state index in [4.69, 9.17) is 4.98 Å². The van der Waals surface area contributed by atoms with Crippen LogP contribution in [0.25, 0.3) is 10.2 Å². The van der Waals surface area contributed by atoms with E-state index in [9.17, 15) is 4.79 Å². The van der Waals surface area contributed by atoms with Crippen LogP contribution in [0.2, 0.25) is 0 Å². The van der Waals surface area contributed by atoms with Crippen LogP contribution < -0.4 is 4.90 Å². The SMILES string of the molecule is Cc1cc2nc(N(CCCN(C)C)C(=O)c3ccccc3I)sc2cc1C. The number of aromatic nitrogens is 1. The van der Waals surface area contributed by atoms with Gasteiger partial charge in [-0.2, -0.15) is 0 Å². The summed E-state index contributed by atoms with van der Waals surface area (Å²) in [6, 6.07) is 12.0. The minimum atomic E-state index is 0.0197. The van der Waals surface area contributed by atoms with Crippen molar-refractivity contribution in [3.8, 4) is 0 Å². The Bertz CT molecular complexity index is 928. The van der Waals surface area contributed by atoms with Crippen molar-refractivity contribution >= 4 is 55.2 Å². The van der Waals surface area contributed by atoms with Crippen molar-refractivity contribution in [2.75, 3.05) is 32.1 Å². The largest absolute Gasteiger partial charge is 0.309 e. The number of benzene rings is 2. The zero-order chi connectivity index (χ0) is 19.6. The minimum absolute atomic E-state index is 0.0197. The predicted molar refractivity (Wildman–Crippen MR) is 123 cm³/mol. The van der Waals surface area contributed by atoms with E-state index in [1.807, 2.05) is 29.2 Å². The summed E-state index contributed by atoms with van der Waals surface area (Å²) in [5.41, 5.74) is 4.17. The van der Waals surface area contributed by atoms with Crippen molar-refractivity contribution in [1.29, 1.82) is 0 Å². The number of hydrogen-bond acceptors (Lipinski definition) is 4. The third-order valence-corrected chi connectivity index (χ3v) is 6.54. The van der Waals surface area contributed by atoms with Crippen LogP contribution in [-0.2, 0) is 0 Å². The topological polar surface area (TPSA) is 36.4 Å². The van der Waals surface area contributed by atoms with E-state index in [0.29, 0.717) is 6.54 Å². The number of aryl methyl sites for hydroxylation is 2. The molecule has 0 atom stereocenters. The Morgan fingerprint density at radius 1 is 1.11 bits per heavy atom. The van der Waals surface area contributed by atoms with Crippen LogP contribution in [0.15, 0.2) is 36.4 Å². The summed E-state index contributed by atoms with van der Waals surface area (Å²) in [6.45, 7) is 5.79. The van der Waals surface area contributed by atoms with E-state index in [1.54, 1.807) is 11.3 Å². The second-order valence-electron chi connectivity index (χ2n) is 6.99. The first-order valence-corrected chi connectivity index (χ1v) is 10.8. The summed E-state index contributed by atoms with van der Waals surface area (Å²) in [5.74, 6) is 0.0197. The Labute approximate surface area is 178 Å². The van der Waals surface area contributed by atoms with E-state index in [1.165, 1.54) is 11.1 Å². The third-order valence-electron chi connectivity index (χ3n) is 4.56. The van der Waals surface area contributed by atoms with Crippen molar-refractivity contribution in [2.24, 2.45) is 0 Å². The fraction of sp³-hybridized carbons (Fsp3) is 0.333. The lowest BCUT2D eigenvalue weighted by molar-refractivity contribution is 0.0985. The normalized spacial score (nSPS) is 11.3. The van der Waals surface area contributed by atoms with Crippen LogP contribution in [-0.4, -0.2) is 43.0 Å². The lowest BCUT2D eigenvalue weighted by Crippen LogP contribution is -2.33. The Morgan fingerprint density at radius 2 is 1.81 bits per heavy atom. The van der Waals surface area contributed by atoms with Gasteiger partial charge in [0.15, 0.2) is 5.13 Å². The van der Waals surface area contributed by atoms with Gasteiger partial charge >= 0.3 is 0 Å². The Morgan fingerprint density at radius 3 is 2.52 bits per heavy atom. The van der Waals surface area contributed by atoms with Crippen molar-refractivity contribution in [2.45, 2.75) is 20.3 Å². The predicted octanol–water partition coefficient (Wildman–Crippen LogP) is 5.12. The average Bonchev–Trinajstić information content (AvgIpc) is 3.01. The Kier molecular flexibility index (Phi) is 6.49. The van der Waals surface area contributed by atoms with Gasteiger partial charge < -0.3 is 4.90 Å². The molecule has 1 heterocycles. The molecule has 4 nitrogen and oxygen atoms in total. The number of thiazole rings is 1. The lowest BCUT2D eigenvalue weighted by atomic mass is 10.1. The zero-order valence-electron chi connectivity index (χ0n) is 16.1. The molecule has 1 amide bonds. The number of carbonyl (C=O) groups is 1. The van der Waals surface area contributed by atoms with Crippen LogP contribution in [0, 0.1) is 17.4 Å². The number of carbonyl (C=O) groups excluding carboxylic acids is 1. The molecule has 0 unspecified atom stereocenters. The standard InChI is InChI=1S/C21H24IN3OS/c1-14-12-18-19(13-15(14)2)27-21(23-18)25(11-7-10-24(3)4)20(26)16-8-5-6-9-17(16)22/h5-6,8-9,12-13H,7,10-11H2,1-4H3. The fourth-order valence-corrected chi connectivity index (χ4v) is 4.58. The van der Waals surface area contributed by atoms with Gasteiger partial charge in [0.05, 0.1) is 15.8 Å². The molecule has 6 heteroatoms. The van der Waals surface area contributed by atoms with Crippen molar-refractivity contribution in [3.05, 3.63) is 56.7 Å². The molecule has 0 N–H and O–H groups in total. The number of anilines is 1. The molecular formula is C21H24IN3OS. The second-order valence-corrected chi connectivity index (χ2v) is 9.17. The lowest BCUT2D eigenvalue weighted by Gasteiger charge is -2.21. The Hall–Kier alpha value is -1.51. The summed E-state index contributed by atoms with van der Waals surface area (Å²) in [5, 5.41) is 0.776. The monoisotopic (exact) mass is 493 g/mol. The molecule has 0 fully saturated rings. The van der Waals surface area contributed by atoms with Gasteiger partial charge in [0.25, 0.3) is 5.91 Å². The quantitative estimate of drug-likeness (QED) is 0.448. The number of rotatable bonds is 6. The molecular weight excluding hydrogens is 469 g/mol. The summed E-state index contributed by atoms with van der Waals surface area (Å²) >= 11 is 3.82. The van der Waals surface area contributed by atoms with E-state index in [0.717, 1.165) is 37.4 Å². The van der Waals surface area contributed by atoms with Crippen molar-refractivity contribution in [3.63, 3.8) is 0 Å². The molecule has 27 heavy (non-hydrogen) atoms. The summed E-state index contributed by atoms with van der Waals surface area (Å²) < 4.78 is 2.09. The molecule has 0 saturated heterocycles. The van der Waals surface area contributed by atoms with E-state index < -0.39 is 0 Å². The van der Waals surface area contributed by atoms with Gasteiger partial charge in [-0.3, -0.25) is 9.69 Å². The molecule has 0 aliphatic rings. The Balaban J connectivity index is 1.98. The van der Waals surface area contributed by atoms with E-state index >= 15 is 0 Å². The maximum Gasteiger partial charge on any atom is 0.261 e. The number of amides is 1. The van der Waals surface area contributed by atoms with Gasteiger partial charge in [0.1, 0.15) is 0 Å². The maximum absolute atomic E-state index is 13.3. The summed E-state index contributed by atoms with van der Waals surface area (Å²) in [4.78, 5) is 22.1. The zero-order valence-corrected chi connectivity index (χ0v) is 19.1. The highest BCUT2D eigenvalue weighted by Crippen LogP contribution is 2.32. The van der Waals surface area contributed by atoms with Crippen LogP contribution in [0.3, 0.4) is 0 Å². The first kappa shape index (κ1) is 20.2. The first-order chi connectivity index (χ1) is 12.9. The molecule has 0 spiro atoms. The molecule has 3 aromatic rings. The maximum atomic E-state index is 13.3. The number of halogens is 1. The second kappa shape index (κ2) is 8.67. The third kappa shape index (κ3) is 4.67. The summed E-state index contributed by atoms with van der Waals surface area (Å²) in [7, 11) is 4.10. The van der Waals surface area contributed by atoms with Gasteiger partial charge in [-0.25, -0.2) is 4.98 Å². The highest BCUT2D eigenvalue weighted by Gasteiger charge is 2.22. The van der Waals surface area contributed by atoms with Gasteiger partial charge in [-0.05, 0) is 98.9 Å². The molecule has 0 saturated carbocycles. The molecule has 0 aliphatic carbocycles. The fourth-order valence-electron chi connectivity index (χ4n) is 2.89. The number of hydrogen-bond donors (Lipinski definition) is 0. The molecule has 2 aromatic carbocycles. The van der Waals surface area contributed by atoms with Crippen molar-refractivity contribution < 1.29 is 4.79 Å². The van der Waals surface area contributed by atoms with Crippen LogP contribution in [0.1, 0.15) is 27.9 Å². The highest BCUT2D eigenvalue weighted by molar-refractivity contribution is 14.1. The summed E-state index contributed by atoms with van der Waals surface area (Å²) in [6.07, 6.45) is 0.899. The van der Waals surface area contributed by atoms with Gasteiger partial charge in [-0.15, -0.1) is 0 Å². The van der Waals surface area contributed by atoms with Crippen LogP contribution in [0.4, 0.5) is 5.13 Å². The number of nitrogens with zero attached hydrogens (tertiary/aromatic N) is 3. The van der Waals surface area contributed by atoms with E-state index in [-0.39, 0.29) is 5.91 Å². The first-order valence-electron chi connectivity index (χ1n) is 8.95. The molecule has 0 bridgehead atoms. The van der Waals surface area contributed by atoms with Gasteiger partial charge in [0.2, 0.25) is 0 Å². The molecule has 0 radical (unpaired) electrons. The van der Waals surface area contributed by atoms with E-state index in [2.05, 4.69) is 67.6 Å². The highest BCUT2D eigenvalue weighted by atomic mass is 127. The average molecular weight is 493 g/mol.